The third-order valence-corrected chi connectivity index (χ3v) is 3.22. The number of halogens is 2. The van der Waals surface area contributed by atoms with Crippen LogP contribution in [-0.2, 0) is 16.4 Å². The van der Waals surface area contributed by atoms with E-state index in [0.29, 0.717) is 23.2 Å². The van der Waals surface area contributed by atoms with Crippen LogP contribution >= 0.6 is 23.2 Å². The Bertz CT molecular complexity index is 545. The molecule has 0 saturated carbocycles. The van der Waals surface area contributed by atoms with E-state index in [1.54, 1.807) is 30.7 Å². The molecule has 21 heavy (non-hydrogen) atoms. The fourth-order valence-electron chi connectivity index (χ4n) is 1.77. The molecule has 6 heteroatoms. The summed E-state index contributed by atoms with van der Waals surface area (Å²) in [5.74, 6) is 0. The van der Waals surface area contributed by atoms with E-state index >= 15 is 0 Å². The zero-order valence-corrected chi connectivity index (χ0v) is 13.2. The van der Waals surface area contributed by atoms with Gasteiger partial charge in [-0.2, -0.15) is 0 Å². The lowest BCUT2D eigenvalue weighted by molar-refractivity contribution is 0.0608. The van der Waals surface area contributed by atoms with Gasteiger partial charge in [0, 0.05) is 28.0 Å². The number of hydrogen-bond donors (Lipinski definition) is 0. The van der Waals surface area contributed by atoms with Crippen molar-refractivity contribution >= 4 is 23.2 Å². The molecule has 1 heterocycles. The molecule has 4 nitrogen and oxygen atoms in total. The van der Waals surface area contributed by atoms with Crippen molar-refractivity contribution in [2.75, 3.05) is 13.7 Å². The summed E-state index contributed by atoms with van der Waals surface area (Å²) in [6.45, 7) is 4.75. The predicted molar refractivity (Wildman–Crippen MR) is 84.2 cm³/mol. The molecule has 1 aromatic heterocycles. The molecule has 0 N–H and O–H groups in total. The monoisotopic (exact) mass is 327 g/mol. The number of imidazole rings is 1. The first-order chi connectivity index (χ1) is 10.2. The Kier molecular flexibility index (Phi) is 8.08. The SMILES string of the molecule is C=CCOC(Cn1ccnc1)c1ccc(Cl)cc1Cl.C[O]. The molecule has 113 valence electrons. The van der Waals surface area contributed by atoms with Gasteiger partial charge in [-0.15, -0.1) is 6.58 Å². The predicted octanol–water partition coefficient (Wildman–Crippen LogP) is 4.18. The standard InChI is InChI=1S/C14H14Cl2N2O.CH3O/c1-2-7-19-14(9-18-6-5-17-10-18)12-4-3-11(15)8-13(12)16;1-2/h2-6,8,10,14H,1,7,9H2;1H3. The first kappa shape index (κ1) is 17.7. The molecule has 0 aliphatic carbocycles. The Hall–Kier alpha value is -1.33. The van der Waals surface area contributed by atoms with Crippen molar-refractivity contribution < 1.29 is 9.84 Å². The highest BCUT2D eigenvalue weighted by Crippen LogP contribution is 2.29. The minimum atomic E-state index is -0.169. The molecule has 0 spiro atoms. The number of rotatable bonds is 6. The van der Waals surface area contributed by atoms with Crippen LogP contribution in [0.4, 0.5) is 0 Å². The number of ether oxygens (including phenoxy) is 1. The zero-order valence-electron chi connectivity index (χ0n) is 11.7. The van der Waals surface area contributed by atoms with Crippen LogP contribution in [0.3, 0.4) is 0 Å². The smallest absolute Gasteiger partial charge is 0.102 e. The van der Waals surface area contributed by atoms with Crippen molar-refractivity contribution in [2.24, 2.45) is 0 Å². The van der Waals surface area contributed by atoms with Crippen LogP contribution in [0.1, 0.15) is 11.7 Å². The molecule has 2 rings (SSSR count). The van der Waals surface area contributed by atoms with E-state index < -0.39 is 0 Å². The molecule has 1 aromatic carbocycles. The molecule has 0 saturated heterocycles. The molecular weight excluding hydrogens is 311 g/mol. The van der Waals surface area contributed by atoms with Crippen LogP contribution in [0, 0.1) is 0 Å². The lowest BCUT2D eigenvalue weighted by Crippen LogP contribution is -2.12. The molecule has 1 unspecified atom stereocenters. The summed E-state index contributed by atoms with van der Waals surface area (Å²) in [7, 11) is 0.750. The van der Waals surface area contributed by atoms with Gasteiger partial charge in [-0.05, 0) is 12.1 Å². The number of hydrogen-bond acceptors (Lipinski definition) is 2. The molecule has 1 radical (unpaired) electrons. The van der Waals surface area contributed by atoms with Crippen molar-refractivity contribution in [3.05, 3.63) is 65.2 Å². The zero-order chi connectivity index (χ0) is 15.7. The molecule has 0 amide bonds. The van der Waals surface area contributed by atoms with Gasteiger partial charge in [0.25, 0.3) is 0 Å². The second kappa shape index (κ2) is 9.58. The number of aromatic nitrogens is 2. The van der Waals surface area contributed by atoms with Gasteiger partial charge in [-0.25, -0.2) is 10.1 Å². The maximum absolute atomic E-state index is 8.25. The average Bonchev–Trinajstić information content (AvgIpc) is 2.99. The maximum atomic E-state index is 8.25. The molecule has 2 aromatic rings. The van der Waals surface area contributed by atoms with E-state index in [1.165, 1.54) is 0 Å². The van der Waals surface area contributed by atoms with E-state index in [-0.39, 0.29) is 6.10 Å². The lowest BCUT2D eigenvalue weighted by Gasteiger charge is -2.19. The van der Waals surface area contributed by atoms with Crippen LogP contribution in [0.25, 0.3) is 0 Å². The summed E-state index contributed by atoms with van der Waals surface area (Å²) < 4.78 is 7.72. The molecule has 0 fully saturated rings. The van der Waals surface area contributed by atoms with E-state index in [4.69, 9.17) is 33.0 Å². The lowest BCUT2D eigenvalue weighted by atomic mass is 10.1. The van der Waals surface area contributed by atoms with E-state index in [0.717, 1.165) is 12.7 Å². The highest BCUT2D eigenvalue weighted by Gasteiger charge is 2.16. The topological polar surface area (TPSA) is 47.0 Å². The minimum Gasteiger partial charge on any atom is -0.368 e. The van der Waals surface area contributed by atoms with Crippen LogP contribution in [0.5, 0.6) is 0 Å². The van der Waals surface area contributed by atoms with Crippen LogP contribution in [0.2, 0.25) is 10.0 Å². The van der Waals surface area contributed by atoms with Crippen molar-refractivity contribution in [1.29, 1.82) is 0 Å². The fraction of sp³-hybridized carbons (Fsp3) is 0.267. The van der Waals surface area contributed by atoms with Gasteiger partial charge in [-0.1, -0.05) is 35.3 Å². The summed E-state index contributed by atoms with van der Waals surface area (Å²) in [5.41, 5.74) is 0.904. The second-order valence-electron chi connectivity index (χ2n) is 4.04. The Labute approximate surface area is 134 Å². The van der Waals surface area contributed by atoms with Crippen molar-refractivity contribution in [3.63, 3.8) is 0 Å². The first-order valence-corrected chi connectivity index (χ1v) is 7.00. The summed E-state index contributed by atoms with van der Waals surface area (Å²) in [5, 5.41) is 9.46. The highest BCUT2D eigenvalue weighted by molar-refractivity contribution is 6.35. The maximum Gasteiger partial charge on any atom is 0.102 e. The van der Waals surface area contributed by atoms with Gasteiger partial charge in [0.1, 0.15) is 6.10 Å². The third-order valence-electron chi connectivity index (χ3n) is 2.66. The van der Waals surface area contributed by atoms with Gasteiger partial charge >= 0.3 is 0 Å². The van der Waals surface area contributed by atoms with Gasteiger partial charge in [0.05, 0.1) is 26.6 Å². The normalized spacial score (nSPS) is 11.4. The molecule has 0 aliphatic rings. The summed E-state index contributed by atoms with van der Waals surface area (Å²) in [6, 6.07) is 5.41. The third kappa shape index (κ3) is 5.52. The molecule has 0 aliphatic heterocycles. The first-order valence-electron chi connectivity index (χ1n) is 6.24. The van der Waals surface area contributed by atoms with E-state index in [2.05, 4.69) is 11.6 Å². The van der Waals surface area contributed by atoms with Gasteiger partial charge in [0.2, 0.25) is 0 Å². The Morgan fingerprint density at radius 1 is 1.43 bits per heavy atom. The minimum absolute atomic E-state index is 0.169. The summed E-state index contributed by atoms with van der Waals surface area (Å²) >= 11 is 12.1. The number of benzene rings is 1. The van der Waals surface area contributed by atoms with Crippen LogP contribution in [-0.4, -0.2) is 23.3 Å². The van der Waals surface area contributed by atoms with Crippen LogP contribution in [0.15, 0.2) is 49.6 Å². The van der Waals surface area contributed by atoms with Crippen molar-refractivity contribution in [2.45, 2.75) is 12.6 Å². The Morgan fingerprint density at radius 3 is 2.76 bits per heavy atom. The van der Waals surface area contributed by atoms with Crippen molar-refractivity contribution in [1.82, 2.24) is 9.55 Å². The van der Waals surface area contributed by atoms with Crippen LogP contribution < -0.4 is 0 Å². The Morgan fingerprint density at radius 2 is 2.19 bits per heavy atom. The average molecular weight is 328 g/mol. The second-order valence-corrected chi connectivity index (χ2v) is 4.88. The summed E-state index contributed by atoms with van der Waals surface area (Å²) in [4.78, 5) is 4.02. The number of nitrogens with zero attached hydrogens (tertiary/aromatic N) is 2. The molecular formula is C15H17Cl2N2O2. The summed E-state index contributed by atoms with van der Waals surface area (Å²) in [6.07, 6.45) is 6.90. The molecule has 1 atom stereocenters. The highest BCUT2D eigenvalue weighted by atomic mass is 35.5. The quantitative estimate of drug-likeness (QED) is 0.747. The fourth-order valence-corrected chi connectivity index (χ4v) is 2.30. The Balaban J connectivity index is 0.00000106. The molecule has 0 bridgehead atoms. The van der Waals surface area contributed by atoms with E-state index in [1.807, 2.05) is 16.8 Å². The van der Waals surface area contributed by atoms with Crippen molar-refractivity contribution in [3.8, 4) is 0 Å². The van der Waals surface area contributed by atoms with Gasteiger partial charge in [-0.3, -0.25) is 0 Å². The van der Waals surface area contributed by atoms with Gasteiger partial charge < -0.3 is 9.30 Å². The van der Waals surface area contributed by atoms with Gasteiger partial charge in [0.15, 0.2) is 0 Å². The largest absolute Gasteiger partial charge is 0.368 e. The van der Waals surface area contributed by atoms with E-state index in [9.17, 15) is 0 Å².